The lowest BCUT2D eigenvalue weighted by Crippen LogP contribution is -2.27. The van der Waals surface area contributed by atoms with E-state index in [2.05, 4.69) is 4.74 Å². The molecule has 0 spiro atoms. The van der Waals surface area contributed by atoms with E-state index in [1.165, 1.54) is 0 Å². The van der Waals surface area contributed by atoms with Gasteiger partial charge in [0.05, 0.1) is 13.2 Å². The lowest BCUT2D eigenvalue weighted by atomic mass is 10.2. The fraction of sp³-hybridized carbons (Fsp3) is 1.00. The van der Waals surface area contributed by atoms with Gasteiger partial charge in [-0.05, 0) is 0 Å². The van der Waals surface area contributed by atoms with E-state index in [0.717, 1.165) is 0 Å². The SMILES string of the molecule is OCC1OCC(O)C1F. The van der Waals surface area contributed by atoms with Gasteiger partial charge < -0.3 is 14.9 Å². The van der Waals surface area contributed by atoms with Crippen LogP contribution in [0, 0.1) is 0 Å². The van der Waals surface area contributed by atoms with E-state index in [9.17, 15) is 4.39 Å². The molecule has 3 unspecified atom stereocenters. The molecular formula is C5H9FO3. The zero-order chi connectivity index (χ0) is 6.85. The third kappa shape index (κ3) is 1.20. The number of rotatable bonds is 1. The summed E-state index contributed by atoms with van der Waals surface area (Å²) in [6, 6.07) is 0. The minimum atomic E-state index is -1.42. The summed E-state index contributed by atoms with van der Waals surface area (Å²) in [4.78, 5) is 0. The highest BCUT2D eigenvalue weighted by Crippen LogP contribution is 2.16. The minimum Gasteiger partial charge on any atom is -0.394 e. The van der Waals surface area contributed by atoms with E-state index < -0.39 is 18.4 Å². The predicted molar refractivity (Wildman–Crippen MR) is 27.7 cm³/mol. The van der Waals surface area contributed by atoms with Gasteiger partial charge in [-0.1, -0.05) is 0 Å². The van der Waals surface area contributed by atoms with Gasteiger partial charge in [0, 0.05) is 0 Å². The first-order chi connectivity index (χ1) is 4.25. The molecule has 2 N–H and O–H groups in total. The maximum atomic E-state index is 12.4. The van der Waals surface area contributed by atoms with E-state index in [-0.39, 0.29) is 13.2 Å². The van der Waals surface area contributed by atoms with Gasteiger partial charge >= 0.3 is 0 Å². The second-order valence-corrected chi connectivity index (χ2v) is 2.07. The van der Waals surface area contributed by atoms with Gasteiger partial charge in [-0.25, -0.2) is 4.39 Å². The molecule has 1 aliphatic heterocycles. The quantitative estimate of drug-likeness (QED) is 0.490. The number of ether oxygens (including phenoxy) is 1. The first kappa shape index (κ1) is 6.92. The molecule has 0 saturated carbocycles. The molecule has 54 valence electrons. The first-order valence-corrected chi connectivity index (χ1v) is 2.80. The van der Waals surface area contributed by atoms with Gasteiger partial charge in [0.25, 0.3) is 0 Å². The Morgan fingerprint density at radius 2 is 2.33 bits per heavy atom. The first-order valence-electron chi connectivity index (χ1n) is 2.80. The Morgan fingerprint density at radius 3 is 2.56 bits per heavy atom. The average Bonchev–Trinajstić information content (AvgIpc) is 2.15. The standard InChI is InChI=1S/C5H9FO3/c6-5-3(8)2-9-4(5)1-7/h3-5,7-8H,1-2H2. The van der Waals surface area contributed by atoms with Crippen LogP contribution in [0.5, 0.6) is 0 Å². The Labute approximate surface area is 52.1 Å². The van der Waals surface area contributed by atoms with E-state index >= 15 is 0 Å². The lowest BCUT2D eigenvalue weighted by Gasteiger charge is -2.07. The summed E-state index contributed by atoms with van der Waals surface area (Å²) in [7, 11) is 0. The summed E-state index contributed by atoms with van der Waals surface area (Å²) in [5.74, 6) is 0. The molecule has 1 saturated heterocycles. The maximum Gasteiger partial charge on any atom is 0.156 e. The topological polar surface area (TPSA) is 49.7 Å². The van der Waals surface area contributed by atoms with Crippen LogP contribution in [0.1, 0.15) is 0 Å². The molecule has 0 bridgehead atoms. The van der Waals surface area contributed by atoms with Crippen molar-refractivity contribution >= 4 is 0 Å². The fourth-order valence-electron chi connectivity index (χ4n) is 0.807. The number of hydrogen-bond donors (Lipinski definition) is 2. The van der Waals surface area contributed by atoms with Crippen LogP contribution < -0.4 is 0 Å². The number of halogens is 1. The molecule has 0 amide bonds. The second kappa shape index (κ2) is 2.60. The van der Waals surface area contributed by atoms with Crippen LogP contribution in [0.25, 0.3) is 0 Å². The molecule has 9 heavy (non-hydrogen) atoms. The van der Waals surface area contributed by atoms with Crippen molar-refractivity contribution in [1.82, 2.24) is 0 Å². The van der Waals surface area contributed by atoms with Gasteiger partial charge in [0.2, 0.25) is 0 Å². The molecule has 0 aliphatic carbocycles. The van der Waals surface area contributed by atoms with Crippen molar-refractivity contribution in [2.75, 3.05) is 13.2 Å². The zero-order valence-corrected chi connectivity index (χ0v) is 4.83. The summed E-state index contributed by atoms with van der Waals surface area (Å²) >= 11 is 0. The van der Waals surface area contributed by atoms with Crippen molar-refractivity contribution in [1.29, 1.82) is 0 Å². The zero-order valence-electron chi connectivity index (χ0n) is 4.83. The lowest BCUT2D eigenvalue weighted by molar-refractivity contribution is 0.0301. The summed E-state index contributed by atoms with van der Waals surface area (Å²) < 4.78 is 17.1. The predicted octanol–water partition coefficient (Wildman–Crippen LogP) is -0.923. The van der Waals surface area contributed by atoms with Crippen LogP contribution in [-0.2, 0) is 4.74 Å². The molecule has 1 rings (SSSR count). The fourth-order valence-corrected chi connectivity index (χ4v) is 0.807. The van der Waals surface area contributed by atoms with Gasteiger partial charge in [-0.3, -0.25) is 0 Å². The minimum absolute atomic E-state index is 0.00755. The molecular weight excluding hydrogens is 127 g/mol. The molecule has 1 heterocycles. The van der Waals surface area contributed by atoms with Crippen molar-refractivity contribution in [2.24, 2.45) is 0 Å². The molecule has 0 aromatic rings. The molecule has 0 aromatic carbocycles. The van der Waals surface area contributed by atoms with Crippen LogP contribution in [0.4, 0.5) is 4.39 Å². The number of hydrogen-bond acceptors (Lipinski definition) is 3. The van der Waals surface area contributed by atoms with Crippen LogP contribution in [0.15, 0.2) is 0 Å². The van der Waals surface area contributed by atoms with Crippen molar-refractivity contribution in [3.63, 3.8) is 0 Å². The van der Waals surface area contributed by atoms with Crippen LogP contribution in [0.3, 0.4) is 0 Å². The summed E-state index contributed by atoms with van der Waals surface area (Å²) in [6.45, 7) is -0.370. The van der Waals surface area contributed by atoms with Crippen molar-refractivity contribution < 1.29 is 19.3 Å². The Kier molecular flexibility index (Phi) is 2.00. The Morgan fingerprint density at radius 1 is 1.67 bits per heavy atom. The third-order valence-corrected chi connectivity index (χ3v) is 1.38. The third-order valence-electron chi connectivity index (χ3n) is 1.38. The molecule has 3 atom stereocenters. The van der Waals surface area contributed by atoms with E-state index in [0.29, 0.717) is 0 Å². The molecule has 1 aliphatic rings. The van der Waals surface area contributed by atoms with Gasteiger partial charge in [-0.2, -0.15) is 0 Å². The normalized spacial score (nSPS) is 43.7. The largest absolute Gasteiger partial charge is 0.394 e. The Hall–Kier alpha value is -0.190. The smallest absolute Gasteiger partial charge is 0.156 e. The van der Waals surface area contributed by atoms with E-state index in [4.69, 9.17) is 10.2 Å². The summed E-state index contributed by atoms with van der Waals surface area (Å²) in [5, 5.41) is 17.1. The van der Waals surface area contributed by atoms with Crippen LogP contribution >= 0.6 is 0 Å². The molecule has 4 heteroatoms. The van der Waals surface area contributed by atoms with Crippen molar-refractivity contribution in [2.45, 2.75) is 18.4 Å². The Balaban J connectivity index is 2.41. The van der Waals surface area contributed by atoms with Crippen molar-refractivity contribution in [3.8, 4) is 0 Å². The van der Waals surface area contributed by atoms with Crippen molar-refractivity contribution in [3.05, 3.63) is 0 Å². The molecule has 3 nitrogen and oxygen atoms in total. The van der Waals surface area contributed by atoms with Gasteiger partial charge in [0.15, 0.2) is 6.17 Å². The summed E-state index contributed by atoms with van der Waals surface area (Å²) in [6.07, 6.45) is -3.29. The molecule has 0 radical (unpaired) electrons. The van der Waals surface area contributed by atoms with E-state index in [1.807, 2.05) is 0 Å². The number of aliphatic hydroxyl groups excluding tert-OH is 2. The molecule has 0 aromatic heterocycles. The van der Waals surface area contributed by atoms with Crippen LogP contribution in [0.2, 0.25) is 0 Å². The number of alkyl halides is 1. The maximum absolute atomic E-state index is 12.4. The number of aliphatic hydroxyl groups is 2. The average molecular weight is 136 g/mol. The van der Waals surface area contributed by atoms with Crippen LogP contribution in [-0.4, -0.2) is 41.8 Å². The highest BCUT2D eigenvalue weighted by molar-refractivity contribution is 4.82. The van der Waals surface area contributed by atoms with Gasteiger partial charge in [-0.15, -0.1) is 0 Å². The van der Waals surface area contributed by atoms with Gasteiger partial charge in [0.1, 0.15) is 12.2 Å². The van der Waals surface area contributed by atoms with E-state index in [1.54, 1.807) is 0 Å². The second-order valence-electron chi connectivity index (χ2n) is 2.07. The highest BCUT2D eigenvalue weighted by atomic mass is 19.1. The Bertz CT molecular complexity index is 98.2. The highest BCUT2D eigenvalue weighted by Gasteiger charge is 2.35. The molecule has 1 fully saturated rings. The summed E-state index contributed by atoms with van der Waals surface area (Å²) in [5.41, 5.74) is 0. The monoisotopic (exact) mass is 136 g/mol.